The van der Waals surface area contributed by atoms with Gasteiger partial charge in [0, 0.05) is 0 Å². The van der Waals surface area contributed by atoms with Crippen molar-refractivity contribution < 1.29 is 24.3 Å². The van der Waals surface area contributed by atoms with E-state index in [1.54, 1.807) is 13.8 Å². The molecular weight excluding hydrogens is 328 g/mol. The normalized spacial score (nSPS) is 20.4. The summed E-state index contributed by atoms with van der Waals surface area (Å²) in [4.78, 5) is 47.3. The molecule has 0 aromatic rings. The largest absolute Gasteiger partial charge is 0.480 e. The van der Waals surface area contributed by atoms with Crippen molar-refractivity contribution in [3.63, 3.8) is 0 Å². The molecule has 1 saturated heterocycles. The van der Waals surface area contributed by atoms with E-state index in [0.717, 1.165) is 19.4 Å². The molecule has 4 atom stereocenters. The van der Waals surface area contributed by atoms with Gasteiger partial charge in [-0.3, -0.25) is 19.2 Å². The number of amides is 3. The number of nitrogens with one attached hydrogen (secondary N) is 4. The highest BCUT2D eigenvalue weighted by molar-refractivity contribution is 5.94. The molecule has 0 aromatic carbocycles. The lowest BCUT2D eigenvalue weighted by Crippen LogP contribution is -2.57. The average molecular weight is 356 g/mol. The van der Waals surface area contributed by atoms with Crippen LogP contribution in [0.25, 0.3) is 0 Å². The lowest BCUT2D eigenvalue weighted by molar-refractivity contribution is -0.141. The number of aliphatic carboxylic acids is 1. The highest BCUT2D eigenvalue weighted by atomic mass is 16.4. The van der Waals surface area contributed by atoms with Crippen molar-refractivity contribution in [2.45, 2.75) is 64.7 Å². The molecule has 1 fully saturated rings. The second-order valence-corrected chi connectivity index (χ2v) is 6.68. The monoisotopic (exact) mass is 356 g/mol. The Bertz CT molecular complexity index is 517. The van der Waals surface area contributed by atoms with Gasteiger partial charge >= 0.3 is 5.97 Å². The number of hydrogen-bond donors (Lipinski definition) is 5. The standard InChI is InChI=1S/C16H28N4O5/c1-8(2)12(20-14(22)11-6-5-7-17-11)15(23)18-9(3)13(21)19-10(4)16(24)25/h8-12,17H,5-7H2,1-4H3,(H,18,23)(H,19,21)(H,20,22)(H,24,25). The molecule has 0 radical (unpaired) electrons. The molecule has 1 aliphatic heterocycles. The van der Waals surface area contributed by atoms with Crippen molar-refractivity contribution in [3.8, 4) is 0 Å². The van der Waals surface area contributed by atoms with E-state index in [0.29, 0.717) is 0 Å². The minimum absolute atomic E-state index is 0.168. The Morgan fingerprint density at radius 1 is 0.960 bits per heavy atom. The maximum absolute atomic E-state index is 12.4. The van der Waals surface area contributed by atoms with Gasteiger partial charge in [0.15, 0.2) is 0 Å². The zero-order chi connectivity index (χ0) is 19.1. The molecule has 0 bridgehead atoms. The fourth-order valence-electron chi connectivity index (χ4n) is 2.47. The smallest absolute Gasteiger partial charge is 0.325 e. The van der Waals surface area contributed by atoms with Crippen LogP contribution < -0.4 is 21.3 Å². The Hall–Kier alpha value is -2.16. The third-order valence-electron chi connectivity index (χ3n) is 4.10. The van der Waals surface area contributed by atoms with Gasteiger partial charge < -0.3 is 26.4 Å². The number of carboxylic acids is 1. The molecule has 1 aliphatic rings. The summed E-state index contributed by atoms with van der Waals surface area (Å²) in [5, 5.41) is 19.4. The lowest BCUT2D eigenvalue weighted by atomic mass is 10.0. The van der Waals surface area contributed by atoms with Gasteiger partial charge in [0.1, 0.15) is 18.1 Å². The molecule has 4 unspecified atom stereocenters. The Kier molecular flexibility index (Phi) is 7.82. The summed E-state index contributed by atoms with van der Waals surface area (Å²) in [5.74, 6) is -2.65. The third-order valence-corrected chi connectivity index (χ3v) is 4.10. The maximum Gasteiger partial charge on any atom is 0.325 e. The Morgan fingerprint density at radius 3 is 2.04 bits per heavy atom. The van der Waals surface area contributed by atoms with Crippen LogP contribution >= 0.6 is 0 Å². The van der Waals surface area contributed by atoms with E-state index >= 15 is 0 Å². The molecule has 9 heteroatoms. The van der Waals surface area contributed by atoms with E-state index in [4.69, 9.17) is 5.11 Å². The molecule has 0 saturated carbocycles. The van der Waals surface area contributed by atoms with Crippen molar-refractivity contribution in [2.24, 2.45) is 5.92 Å². The van der Waals surface area contributed by atoms with Crippen LogP contribution in [-0.2, 0) is 19.2 Å². The SMILES string of the molecule is CC(NC(=O)C(C)NC(=O)C(NC(=O)C1CCCN1)C(C)C)C(=O)O. The molecular formula is C16H28N4O5. The van der Waals surface area contributed by atoms with Crippen LogP contribution in [0, 0.1) is 5.92 Å². The second kappa shape index (κ2) is 9.36. The lowest BCUT2D eigenvalue weighted by Gasteiger charge is -2.25. The van der Waals surface area contributed by atoms with Crippen molar-refractivity contribution >= 4 is 23.7 Å². The van der Waals surface area contributed by atoms with E-state index in [1.807, 2.05) is 0 Å². The van der Waals surface area contributed by atoms with Gasteiger partial charge in [-0.2, -0.15) is 0 Å². The van der Waals surface area contributed by atoms with Crippen molar-refractivity contribution in [1.29, 1.82) is 0 Å². The molecule has 1 rings (SSSR count). The van der Waals surface area contributed by atoms with E-state index < -0.39 is 35.9 Å². The summed E-state index contributed by atoms with van der Waals surface area (Å²) in [7, 11) is 0. The van der Waals surface area contributed by atoms with Crippen molar-refractivity contribution in [1.82, 2.24) is 21.3 Å². The molecule has 5 N–H and O–H groups in total. The molecule has 0 aromatic heterocycles. The minimum Gasteiger partial charge on any atom is -0.480 e. The first kappa shape index (κ1) is 20.9. The van der Waals surface area contributed by atoms with Crippen LogP contribution in [0.1, 0.15) is 40.5 Å². The predicted octanol–water partition coefficient (Wildman–Crippen LogP) is -1.03. The van der Waals surface area contributed by atoms with Gasteiger partial charge in [-0.15, -0.1) is 0 Å². The fourth-order valence-corrected chi connectivity index (χ4v) is 2.47. The molecule has 3 amide bonds. The maximum atomic E-state index is 12.4. The Balaban J connectivity index is 2.61. The van der Waals surface area contributed by atoms with E-state index in [-0.39, 0.29) is 17.9 Å². The van der Waals surface area contributed by atoms with Crippen LogP contribution in [0.5, 0.6) is 0 Å². The highest BCUT2D eigenvalue weighted by Crippen LogP contribution is 2.08. The first-order chi connectivity index (χ1) is 11.6. The molecule has 142 valence electrons. The molecule has 9 nitrogen and oxygen atoms in total. The van der Waals surface area contributed by atoms with Gasteiger partial charge in [0.25, 0.3) is 0 Å². The van der Waals surface area contributed by atoms with E-state index in [9.17, 15) is 19.2 Å². The summed E-state index contributed by atoms with van der Waals surface area (Å²) in [6.45, 7) is 7.16. The van der Waals surface area contributed by atoms with E-state index in [2.05, 4.69) is 21.3 Å². The van der Waals surface area contributed by atoms with Crippen LogP contribution in [0.15, 0.2) is 0 Å². The van der Waals surface area contributed by atoms with Gasteiger partial charge in [0.05, 0.1) is 6.04 Å². The Morgan fingerprint density at radius 2 is 1.56 bits per heavy atom. The minimum atomic E-state index is -1.16. The first-order valence-corrected chi connectivity index (χ1v) is 8.50. The van der Waals surface area contributed by atoms with Crippen molar-refractivity contribution in [3.05, 3.63) is 0 Å². The quantitative estimate of drug-likeness (QED) is 0.377. The highest BCUT2D eigenvalue weighted by Gasteiger charge is 2.30. The predicted molar refractivity (Wildman–Crippen MR) is 90.6 cm³/mol. The number of hydrogen-bond acceptors (Lipinski definition) is 5. The average Bonchev–Trinajstić information content (AvgIpc) is 3.05. The number of carboxylic acid groups (broad SMARTS) is 1. The van der Waals surface area contributed by atoms with E-state index in [1.165, 1.54) is 13.8 Å². The molecule has 0 aliphatic carbocycles. The summed E-state index contributed by atoms with van der Waals surface area (Å²) < 4.78 is 0. The third kappa shape index (κ3) is 6.33. The second-order valence-electron chi connectivity index (χ2n) is 6.68. The van der Waals surface area contributed by atoms with Crippen LogP contribution in [-0.4, -0.2) is 59.5 Å². The number of carbonyl (C=O) groups is 4. The Labute approximate surface area is 147 Å². The molecule has 0 spiro atoms. The summed E-state index contributed by atoms with van der Waals surface area (Å²) >= 11 is 0. The summed E-state index contributed by atoms with van der Waals surface area (Å²) in [6, 6.07) is -3.05. The van der Waals surface area contributed by atoms with Crippen molar-refractivity contribution in [2.75, 3.05) is 6.54 Å². The zero-order valence-corrected chi connectivity index (χ0v) is 15.1. The van der Waals surface area contributed by atoms with Gasteiger partial charge in [0.2, 0.25) is 17.7 Å². The molecule has 25 heavy (non-hydrogen) atoms. The van der Waals surface area contributed by atoms with Crippen LogP contribution in [0.2, 0.25) is 0 Å². The topological polar surface area (TPSA) is 137 Å². The summed E-state index contributed by atoms with van der Waals surface area (Å²) in [6.07, 6.45) is 1.64. The van der Waals surface area contributed by atoms with Gasteiger partial charge in [-0.1, -0.05) is 13.8 Å². The van der Waals surface area contributed by atoms with Gasteiger partial charge in [-0.05, 0) is 39.2 Å². The number of carbonyl (C=O) groups excluding carboxylic acids is 3. The summed E-state index contributed by atoms with van der Waals surface area (Å²) in [5.41, 5.74) is 0. The molecule has 1 heterocycles. The fraction of sp³-hybridized carbons (Fsp3) is 0.750. The first-order valence-electron chi connectivity index (χ1n) is 8.50. The van der Waals surface area contributed by atoms with Gasteiger partial charge in [-0.25, -0.2) is 0 Å². The number of rotatable bonds is 8. The van der Waals surface area contributed by atoms with Crippen LogP contribution in [0.4, 0.5) is 0 Å². The zero-order valence-electron chi connectivity index (χ0n) is 15.1. The van der Waals surface area contributed by atoms with Crippen LogP contribution in [0.3, 0.4) is 0 Å².